The number of amides is 2. The van der Waals surface area contributed by atoms with E-state index in [-0.39, 0.29) is 5.82 Å². The number of anilines is 1. The molecule has 1 heterocycles. The Hall–Kier alpha value is -3.36. The molecule has 0 saturated carbocycles. The predicted octanol–water partition coefficient (Wildman–Crippen LogP) is 6.53. The summed E-state index contributed by atoms with van der Waals surface area (Å²) in [6.07, 6.45) is -2.75. The molecule has 1 aromatic heterocycles. The van der Waals surface area contributed by atoms with Crippen LogP contribution in [0, 0.1) is 0 Å². The van der Waals surface area contributed by atoms with Gasteiger partial charge in [-0.05, 0) is 80.9 Å². The van der Waals surface area contributed by atoms with Crippen LogP contribution in [0.2, 0.25) is 0 Å². The second kappa shape index (κ2) is 9.12. The third-order valence-corrected chi connectivity index (χ3v) is 4.07. The van der Waals surface area contributed by atoms with E-state index < -0.39 is 35.1 Å². The van der Waals surface area contributed by atoms with Crippen molar-refractivity contribution in [1.29, 1.82) is 0 Å². The molecule has 0 spiro atoms. The smallest absolute Gasteiger partial charge is 0.435 e. The quantitative estimate of drug-likeness (QED) is 0.457. The van der Waals surface area contributed by atoms with E-state index in [9.17, 15) is 14.4 Å². The molecule has 0 aliphatic heterocycles. The normalized spacial score (nSPS) is 12.3. The lowest BCUT2D eigenvalue weighted by Gasteiger charge is -2.27. The number of carbonyl (C=O) groups is 3. The van der Waals surface area contributed by atoms with Crippen LogP contribution < -0.4 is 4.90 Å². The number of fused-ring (bicyclic) bond motifs is 1. The number of aromatic nitrogens is 2. The zero-order valence-corrected chi connectivity index (χ0v) is 21.7. The molecule has 34 heavy (non-hydrogen) atoms. The molecule has 0 bridgehead atoms. The van der Waals surface area contributed by atoms with Crippen molar-refractivity contribution in [3.05, 3.63) is 30.3 Å². The number of benzene rings is 1. The molecule has 0 fully saturated rings. The zero-order valence-electron chi connectivity index (χ0n) is 21.7. The molecule has 0 aliphatic rings. The van der Waals surface area contributed by atoms with Crippen LogP contribution in [-0.4, -0.2) is 44.9 Å². The standard InChI is InChI=1S/C25H35N3O6/c1-15(2)16-13-12-14-17-18(16)28(22(31)34-25(9,10)11)26-19(17)27(20(29)32-23(3,4)5)21(30)33-24(6,7)8/h12-14H,1H2,2-11H3. The summed E-state index contributed by atoms with van der Waals surface area (Å²) >= 11 is 0. The SMILES string of the molecule is C=C(C)c1cccc2c(N(C(=O)OC(C)(C)C)C(=O)OC(C)(C)C)nn(C(=O)OC(C)(C)C)c12. The molecular weight excluding hydrogens is 438 g/mol. The first kappa shape index (κ1) is 26.9. The van der Waals surface area contributed by atoms with Gasteiger partial charge >= 0.3 is 18.3 Å². The fraction of sp³-hybridized carbons (Fsp3) is 0.520. The van der Waals surface area contributed by atoms with E-state index in [1.54, 1.807) is 87.4 Å². The van der Waals surface area contributed by atoms with E-state index in [0.717, 1.165) is 4.68 Å². The van der Waals surface area contributed by atoms with Crippen molar-refractivity contribution in [1.82, 2.24) is 9.78 Å². The first-order chi connectivity index (χ1) is 15.3. The number of hydrogen-bond donors (Lipinski definition) is 0. The van der Waals surface area contributed by atoms with Crippen LogP contribution in [0.5, 0.6) is 0 Å². The molecule has 0 aliphatic carbocycles. The summed E-state index contributed by atoms with van der Waals surface area (Å²) in [5.74, 6) is -0.118. The highest BCUT2D eigenvalue weighted by Crippen LogP contribution is 2.33. The maximum absolute atomic E-state index is 13.2. The van der Waals surface area contributed by atoms with Gasteiger partial charge in [0.25, 0.3) is 0 Å². The molecule has 2 rings (SSSR count). The number of para-hydroxylation sites is 1. The summed E-state index contributed by atoms with van der Waals surface area (Å²) in [6.45, 7) is 21.0. The highest BCUT2D eigenvalue weighted by molar-refractivity contribution is 6.15. The third-order valence-electron chi connectivity index (χ3n) is 4.07. The van der Waals surface area contributed by atoms with E-state index in [1.165, 1.54) is 0 Å². The van der Waals surface area contributed by atoms with Crippen molar-refractivity contribution in [3.63, 3.8) is 0 Å². The Morgan fingerprint density at radius 1 is 0.853 bits per heavy atom. The van der Waals surface area contributed by atoms with Gasteiger partial charge in [0.2, 0.25) is 0 Å². The van der Waals surface area contributed by atoms with Crippen molar-refractivity contribution in [2.45, 2.75) is 86.0 Å². The summed E-state index contributed by atoms with van der Waals surface area (Å²) in [4.78, 5) is 40.1. The van der Waals surface area contributed by atoms with Crippen molar-refractivity contribution < 1.29 is 28.6 Å². The minimum atomic E-state index is -0.988. The molecule has 2 amide bonds. The molecule has 9 heteroatoms. The van der Waals surface area contributed by atoms with Crippen molar-refractivity contribution in [3.8, 4) is 0 Å². The molecule has 2 aromatic rings. The summed E-state index contributed by atoms with van der Waals surface area (Å²) in [7, 11) is 0. The predicted molar refractivity (Wildman–Crippen MR) is 131 cm³/mol. The Morgan fingerprint density at radius 2 is 1.32 bits per heavy atom. The van der Waals surface area contributed by atoms with Crippen LogP contribution in [0.3, 0.4) is 0 Å². The van der Waals surface area contributed by atoms with Gasteiger partial charge in [0.05, 0.1) is 5.52 Å². The van der Waals surface area contributed by atoms with Crippen LogP contribution in [0.15, 0.2) is 24.8 Å². The second-order valence-corrected chi connectivity index (χ2v) is 11.0. The molecule has 0 radical (unpaired) electrons. The third kappa shape index (κ3) is 6.59. The molecule has 0 saturated heterocycles. The lowest BCUT2D eigenvalue weighted by molar-refractivity contribution is 0.0421. The van der Waals surface area contributed by atoms with Gasteiger partial charge in [-0.25, -0.2) is 14.4 Å². The Balaban J connectivity index is 2.83. The molecule has 0 atom stereocenters. The van der Waals surface area contributed by atoms with E-state index in [2.05, 4.69) is 11.7 Å². The van der Waals surface area contributed by atoms with Gasteiger partial charge < -0.3 is 14.2 Å². The van der Waals surface area contributed by atoms with Crippen molar-refractivity contribution in [2.24, 2.45) is 0 Å². The monoisotopic (exact) mass is 473 g/mol. The summed E-state index contributed by atoms with van der Waals surface area (Å²) in [5, 5.41) is 4.69. The zero-order chi connectivity index (χ0) is 26.2. The highest BCUT2D eigenvalue weighted by Gasteiger charge is 2.37. The van der Waals surface area contributed by atoms with Crippen LogP contribution >= 0.6 is 0 Å². The topological polar surface area (TPSA) is 100.0 Å². The number of ether oxygens (including phenoxy) is 3. The number of rotatable bonds is 2. The second-order valence-electron chi connectivity index (χ2n) is 11.0. The molecule has 186 valence electrons. The largest absolute Gasteiger partial charge is 0.443 e. The maximum Gasteiger partial charge on any atom is 0.435 e. The number of carbonyl (C=O) groups excluding carboxylic acids is 3. The lowest BCUT2D eigenvalue weighted by Crippen LogP contribution is -2.44. The summed E-state index contributed by atoms with van der Waals surface area (Å²) in [6, 6.07) is 5.13. The van der Waals surface area contributed by atoms with E-state index in [0.29, 0.717) is 26.9 Å². The molecular formula is C25H35N3O6. The van der Waals surface area contributed by atoms with Gasteiger partial charge in [0.1, 0.15) is 16.8 Å². The Labute approximate surface area is 200 Å². The van der Waals surface area contributed by atoms with Crippen LogP contribution in [0.4, 0.5) is 20.2 Å². The number of allylic oxidation sites excluding steroid dienone is 1. The fourth-order valence-electron chi connectivity index (χ4n) is 2.96. The summed E-state index contributed by atoms with van der Waals surface area (Å²) < 4.78 is 17.5. The Bertz CT molecular complexity index is 1100. The summed E-state index contributed by atoms with van der Waals surface area (Å²) in [5.41, 5.74) is -0.994. The number of hydrogen-bond acceptors (Lipinski definition) is 7. The Morgan fingerprint density at radius 3 is 1.74 bits per heavy atom. The van der Waals surface area contributed by atoms with Crippen LogP contribution in [0.25, 0.3) is 16.5 Å². The minimum Gasteiger partial charge on any atom is -0.443 e. The average molecular weight is 474 g/mol. The molecule has 0 unspecified atom stereocenters. The van der Waals surface area contributed by atoms with Gasteiger partial charge in [-0.3, -0.25) is 0 Å². The van der Waals surface area contributed by atoms with Gasteiger partial charge in [0, 0.05) is 10.9 Å². The van der Waals surface area contributed by atoms with Gasteiger partial charge in [-0.15, -0.1) is 5.10 Å². The number of nitrogens with zero attached hydrogens (tertiary/aromatic N) is 3. The average Bonchev–Trinajstić information content (AvgIpc) is 2.96. The number of imide groups is 1. The van der Waals surface area contributed by atoms with E-state index in [4.69, 9.17) is 14.2 Å². The van der Waals surface area contributed by atoms with Gasteiger partial charge in [0.15, 0.2) is 5.82 Å². The van der Waals surface area contributed by atoms with Gasteiger partial charge in [-0.2, -0.15) is 9.58 Å². The first-order valence-corrected chi connectivity index (χ1v) is 11.0. The van der Waals surface area contributed by atoms with Crippen molar-refractivity contribution >= 4 is 40.6 Å². The Kier molecular flexibility index (Phi) is 7.21. The van der Waals surface area contributed by atoms with Crippen LogP contribution in [0.1, 0.15) is 74.8 Å². The van der Waals surface area contributed by atoms with Crippen LogP contribution in [-0.2, 0) is 14.2 Å². The molecule has 1 aromatic carbocycles. The molecule has 9 nitrogen and oxygen atoms in total. The molecule has 0 N–H and O–H groups in total. The maximum atomic E-state index is 13.2. The minimum absolute atomic E-state index is 0.118. The first-order valence-electron chi connectivity index (χ1n) is 11.0. The highest BCUT2D eigenvalue weighted by atomic mass is 16.6. The van der Waals surface area contributed by atoms with Crippen molar-refractivity contribution in [2.75, 3.05) is 4.90 Å². The fourth-order valence-corrected chi connectivity index (χ4v) is 2.96. The van der Waals surface area contributed by atoms with Gasteiger partial charge in [-0.1, -0.05) is 18.7 Å². The van der Waals surface area contributed by atoms with E-state index in [1.807, 2.05) is 0 Å². The van der Waals surface area contributed by atoms with E-state index >= 15 is 0 Å². The lowest BCUT2D eigenvalue weighted by atomic mass is 10.1.